The third-order valence-corrected chi connectivity index (χ3v) is 2.84. The van der Waals surface area contributed by atoms with E-state index in [4.69, 9.17) is 9.47 Å². The predicted octanol–water partition coefficient (Wildman–Crippen LogP) is 0.707. The molecule has 1 aliphatic carbocycles. The van der Waals surface area contributed by atoms with Gasteiger partial charge in [0.05, 0.1) is 12.2 Å². The Morgan fingerprint density at radius 3 is 2.44 bits per heavy atom. The Morgan fingerprint density at radius 1 is 1.33 bits per heavy atom. The highest BCUT2D eigenvalue weighted by Crippen LogP contribution is 2.52. The van der Waals surface area contributed by atoms with Crippen LogP contribution < -0.4 is 0 Å². The van der Waals surface area contributed by atoms with Crippen molar-refractivity contribution in [2.24, 2.45) is 0 Å². The van der Waals surface area contributed by atoms with Gasteiger partial charge in [-0.2, -0.15) is 0 Å². The van der Waals surface area contributed by atoms with E-state index in [1.54, 1.807) is 0 Å². The lowest BCUT2D eigenvalue weighted by Gasteiger charge is -2.37. The Kier molecular flexibility index (Phi) is 0.616. The maximum Gasteiger partial charge on any atom is 0.115 e. The number of ether oxygens (including phenoxy) is 2. The summed E-state index contributed by atoms with van der Waals surface area (Å²) in [4.78, 5) is 0. The molecule has 2 saturated heterocycles. The molecule has 1 spiro atoms. The Labute approximate surface area is 54.1 Å². The fraction of sp³-hybridized carbons (Fsp3) is 1.00. The van der Waals surface area contributed by atoms with E-state index in [1.165, 1.54) is 19.3 Å². The van der Waals surface area contributed by atoms with E-state index in [2.05, 4.69) is 0 Å². The smallest absolute Gasteiger partial charge is 0.115 e. The SMILES string of the molecule is C1CC2(C1)OCC1OC12. The van der Waals surface area contributed by atoms with Crippen molar-refractivity contribution in [3.8, 4) is 0 Å². The summed E-state index contributed by atoms with van der Waals surface area (Å²) >= 11 is 0. The first-order valence-electron chi connectivity index (χ1n) is 3.70. The highest BCUT2D eigenvalue weighted by Gasteiger charge is 2.63. The lowest BCUT2D eigenvalue weighted by molar-refractivity contribution is -0.108. The highest BCUT2D eigenvalue weighted by atomic mass is 16.7. The molecule has 0 aromatic carbocycles. The summed E-state index contributed by atoms with van der Waals surface area (Å²) in [5.74, 6) is 0. The van der Waals surface area contributed by atoms with Crippen molar-refractivity contribution in [1.29, 1.82) is 0 Å². The van der Waals surface area contributed by atoms with Gasteiger partial charge in [-0.05, 0) is 19.3 Å². The van der Waals surface area contributed by atoms with Gasteiger partial charge in [-0.3, -0.25) is 0 Å². The van der Waals surface area contributed by atoms with Crippen LogP contribution in [-0.4, -0.2) is 24.4 Å². The lowest BCUT2D eigenvalue weighted by Crippen LogP contribution is -2.42. The number of fused-ring (bicyclic) bond motifs is 2. The van der Waals surface area contributed by atoms with Gasteiger partial charge in [-0.1, -0.05) is 0 Å². The van der Waals surface area contributed by atoms with Crippen molar-refractivity contribution < 1.29 is 9.47 Å². The van der Waals surface area contributed by atoms with Gasteiger partial charge in [0.25, 0.3) is 0 Å². The molecule has 2 heterocycles. The largest absolute Gasteiger partial charge is 0.369 e. The summed E-state index contributed by atoms with van der Waals surface area (Å²) in [5, 5.41) is 0. The zero-order valence-electron chi connectivity index (χ0n) is 5.30. The van der Waals surface area contributed by atoms with E-state index in [0.717, 1.165) is 6.61 Å². The van der Waals surface area contributed by atoms with Crippen molar-refractivity contribution in [1.82, 2.24) is 0 Å². The molecule has 0 radical (unpaired) electrons. The number of epoxide rings is 1. The molecule has 0 aromatic rings. The van der Waals surface area contributed by atoms with E-state index in [0.29, 0.717) is 12.2 Å². The van der Waals surface area contributed by atoms with Crippen LogP contribution in [0.15, 0.2) is 0 Å². The molecule has 3 fully saturated rings. The van der Waals surface area contributed by atoms with E-state index in [-0.39, 0.29) is 5.60 Å². The van der Waals surface area contributed by atoms with Crippen LogP contribution >= 0.6 is 0 Å². The van der Waals surface area contributed by atoms with Gasteiger partial charge in [-0.25, -0.2) is 0 Å². The van der Waals surface area contributed by atoms with Gasteiger partial charge in [0, 0.05) is 0 Å². The number of hydrogen-bond donors (Lipinski definition) is 0. The molecule has 0 aromatic heterocycles. The van der Waals surface area contributed by atoms with Crippen LogP contribution in [0.25, 0.3) is 0 Å². The molecule has 9 heavy (non-hydrogen) atoms. The normalized spacial score (nSPS) is 50.7. The average Bonchev–Trinajstić information content (AvgIpc) is 2.42. The second-order valence-electron chi connectivity index (χ2n) is 3.32. The molecule has 3 rings (SSSR count). The Hall–Kier alpha value is -0.0800. The zero-order chi connectivity index (χ0) is 5.90. The number of rotatable bonds is 0. The molecule has 0 amide bonds. The van der Waals surface area contributed by atoms with Crippen molar-refractivity contribution in [2.45, 2.75) is 37.1 Å². The highest BCUT2D eigenvalue weighted by molar-refractivity contribution is 5.11. The average molecular weight is 126 g/mol. The van der Waals surface area contributed by atoms with E-state index < -0.39 is 0 Å². The Morgan fingerprint density at radius 2 is 2.22 bits per heavy atom. The van der Waals surface area contributed by atoms with Crippen LogP contribution in [0.5, 0.6) is 0 Å². The molecule has 2 atom stereocenters. The molecule has 1 saturated carbocycles. The first-order valence-corrected chi connectivity index (χ1v) is 3.70. The van der Waals surface area contributed by atoms with Crippen molar-refractivity contribution >= 4 is 0 Å². The molecule has 2 aliphatic heterocycles. The van der Waals surface area contributed by atoms with Crippen molar-refractivity contribution in [2.75, 3.05) is 6.61 Å². The predicted molar refractivity (Wildman–Crippen MR) is 31.2 cm³/mol. The Balaban J connectivity index is 1.90. The minimum atomic E-state index is 0.227. The van der Waals surface area contributed by atoms with Crippen molar-refractivity contribution in [3.63, 3.8) is 0 Å². The minimum Gasteiger partial charge on any atom is -0.369 e. The maximum atomic E-state index is 5.61. The van der Waals surface area contributed by atoms with Crippen LogP contribution in [0.2, 0.25) is 0 Å². The van der Waals surface area contributed by atoms with Crippen LogP contribution in [0.1, 0.15) is 19.3 Å². The second kappa shape index (κ2) is 1.18. The molecule has 50 valence electrons. The monoisotopic (exact) mass is 126 g/mol. The third kappa shape index (κ3) is 0.413. The fourth-order valence-corrected chi connectivity index (χ4v) is 2.02. The Bertz CT molecular complexity index is 151. The molecular formula is C7H10O2. The molecule has 0 N–H and O–H groups in total. The van der Waals surface area contributed by atoms with Gasteiger partial charge in [0.1, 0.15) is 12.2 Å². The summed E-state index contributed by atoms with van der Waals surface area (Å²) < 4.78 is 11.0. The van der Waals surface area contributed by atoms with Gasteiger partial charge < -0.3 is 9.47 Å². The third-order valence-electron chi connectivity index (χ3n) is 2.84. The van der Waals surface area contributed by atoms with Gasteiger partial charge in [0.15, 0.2) is 0 Å². The van der Waals surface area contributed by atoms with E-state index >= 15 is 0 Å². The van der Waals surface area contributed by atoms with Crippen molar-refractivity contribution in [3.05, 3.63) is 0 Å². The number of hydrogen-bond acceptors (Lipinski definition) is 2. The molecule has 2 heteroatoms. The minimum absolute atomic E-state index is 0.227. The maximum absolute atomic E-state index is 5.61. The van der Waals surface area contributed by atoms with Crippen LogP contribution in [0.4, 0.5) is 0 Å². The summed E-state index contributed by atoms with van der Waals surface area (Å²) in [5.41, 5.74) is 0.227. The van der Waals surface area contributed by atoms with Crippen LogP contribution in [-0.2, 0) is 9.47 Å². The lowest BCUT2D eigenvalue weighted by atomic mass is 9.78. The van der Waals surface area contributed by atoms with Gasteiger partial charge in [0.2, 0.25) is 0 Å². The van der Waals surface area contributed by atoms with E-state index in [9.17, 15) is 0 Å². The fourth-order valence-electron chi connectivity index (χ4n) is 2.02. The molecular weight excluding hydrogens is 116 g/mol. The molecule has 2 nitrogen and oxygen atoms in total. The first-order chi connectivity index (χ1) is 4.41. The van der Waals surface area contributed by atoms with Gasteiger partial charge >= 0.3 is 0 Å². The van der Waals surface area contributed by atoms with Gasteiger partial charge in [-0.15, -0.1) is 0 Å². The molecule has 2 unspecified atom stereocenters. The topological polar surface area (TPSA) is 21.8 Å². The van der Waals surface area contributed by atoms with Crippen LogP contribution in [0.3, 0.4) is 0 Å². The standard InChI is InChI=1S/C7H10O2/c1-2-7(3-1)6-5(9-6)4-8-7/h5-6H,1-4H2. The molecule has 3 aliphatic rings. The summed E-state index contributed by atoms with van der Waals surface area (Å²) in [6, 6.07) is 0. The quantitative estimate of drug-likeness (QED) is 0.446. The molecule has 0 bridgehead atoms. The summed E-state index contributed by atoms with van der Waals surface area (Å²) in [6.07, 6.45) is 4.83. The second-order valence-corrected chi connectivity index (χ2v) is 3.32. The summed E-state index contributed by atoms with van der Waals surface area (Å²) in [7, 11) is 0. The van der Waals surface area contributed by atoms with Crippen LogP contribution in [0, 0.1) is 0 Å². The van der Waals surface area contributed by atoms with E-state index in [1.807, 2.05) is 0 Å². The zero-order valence-corrected chi connectivity index (χ0v) is 5.30. The summed E-state index contributed by atoms with van der Waals surface area (Å²) in [6.45, 7) is 0.866. The first kappa shape index (κ1) is 4.69.